The largest absolute Gasteiger partial charge is 0.368 e. The summed E-state index contributed by atoms with van der Waals surface area (Å²) in [5.74, 6) is -0.470. The molecule has 1 fully saturated rings. The number of carbonyl (C=O) groups excluding carboxylic acids is 2. The number of hydrogen-bond acceptors (Lipinski definition) is 2. The molecule has 5 heteroatoms. The molecule has 3 N–H and O–H groups in total. The van der Waals surface area contributed by atoms with Crippen molar-refractivity contribution in [2.24, 2.45) is 5.73 Å². The highest BCUT2D eigenvalue weighted by Crippen LogP contribution is 2.02. The maximum atomic E-state index is 10.9. The summed E-state index contributed by atoms with van der Waals surface area (Å²) in [6.07, 6.45) is 0. The van der Waals surface area contributed by atoms with Crippen LogP contribution < -0.4 is 11.1 Å². The molecule has 11 heavy (non-hydrogen) atoms. The minimum atomic E-state index is -0.502. The van der Waals surface area contributed by atoms with E-state index in [9.17, 15) is 9.59 Å². The summed E-state index contributed by atoms with van der Waals surface area (Å²) in [6.45, 7) is 2.77. The Hall–Kier alpha value is -1.26. The molecule has 0 aromatic heterocycles. The van der Waals surface area contributed by atoms with E-state index in [0.29, 0.717) is 13.1 Å². The number of amides is 3. The second-order valence-corrected chi connectivity index (χ2v) is 2.50. The van der Waals surface area contributed by atoms with Crippen LogP contribution in [0.3, 0.4) is 0 Å². The molecule has 0 bridgehead atoms. The molecular formula is C6H11N3O2. The van der Waals surface area contributed by atoms with Gasteiger partial charge in [-0.1, -0.05) is 0 Å². The smallest absolute Gasteiger partial charge is 0.318 e. The van der Waals surface area contributed by atoms with Crippen LogP contribution in [0.5, 0.6) is 0 Å². The van der Waals surface area contributed by atoms with Gasteiger partial charge in [-0.15, -0.1) is 0 Å². The van der Waals surface area contributed by atoms with E-state index in [1.165, 1.54) is 4.90 Å². The Morgan fingerprint density at radius 1 is 1.82 bits per heavy atom. The van der Waals surface area contributed by atoms with Crippen LogP contribution >= 0.6 is 0 Å². The van der Waals surface area contributed by atoms with Gasteiger partial charge >= 0.3 is 6.03 Å². The summed E-state index contributed by atoms with van der Waals surface area (Å²) in [6, 6.07) is -0.714. The minimum Gasteiger partial charge on any atom is -0.368 e. The first kappa shape index (κ1) is 7.84. The highest BCUT2D eigenvalue weighted by Gasteiger charge is 2.27. The summed E-state index contributed by atoms with van der Waals surface area (Å²) < 4.78 is 0. The Labute approximate surface area is 64.5 Å². The van der Waals surface area contributed by atoms with Crippen LogP contribution in [0.25, 0.3) is 0 Å². The van der Waals surface area contributed by atoms with Crippen LogP contribution in [0, 0.1) is 0 Å². The summed E-state index contributed by atoms with van der Waals surface area (Å²) in [5, 5.41) is 2.58. The van der Waals surface area contributed by atoms with Gasteiger partial charge in [-0.3, -0.25) is 4.79 Å². The first-order chi connectivity index (χ1) is 5.13. The van der Waals surface area contributed by atoms with Gasteiger partial charge in [0.1, 0.15) is 6.04 Å². The molecule has 0 spiro atoms. The quantitative estimate of drug-likeness (QED) is 0.533. The molecule has 62 valence electrons. The maximum Gasteiger partial charge on any atom is 0.318 e. The second-order valence-electron chi connectivity index (χ2n) is 2.50. The Balaban J connectivity index is 2.59. The van der Waals surface area contributed by atoms with Crippen molar-refractivity contribution in [2.45, 2.75) is 13.0 Å². The number of urea groups is 1. The fraction of sp³-hybridized carbons (Fsp3) is 0.667. The molecule has 0 radical (unpaired) electrons. The van der Waals surface area contributed by atoms with Crippen molar-refractivity contribution < 1.29 is 9.59 Å². The van der Waals surface area contributed by atoms with Crippen molar-refractivity contribution >= 4 is 11.9 Å². The number of primary amides is 1. The molecule has 3 amide bonds. The Morgan fingerprint density at radius 2 is 2.45 bits per heavy atom. The van der Waals surface area contributed by atoms with E-state index < -0.39 is 11.9 Å². The lowest BCUT2D eigenvalue weighted by molar-refractivity contribution is -0.121. The van der Waals surface area contributed by atoms with E-state index in [4.69, 9.17) is 5.73 Å². The molecule has 0 aliphatic carbocycles. The Kier molecular flexibility index (Phi) is 1.98. The summed E-state index contributed by atoms with van der Waals surface area (Å²) in [7, 11) is 0. The van der Waals surface area contributed by atoms with Gasteiger partial charge in [0.25, 0.3) is 0 Å². The minimum absolute atomic E-state index is 0.212. The van der Waals surface area contributed by atoms with Gasteiger partial charge in [0.05, 0.1) is 0 Å². The summed E-state index contributed by atoms with van der Waals surface area (Å²) in [5.41, 5.74) is 5.02. The molecule has 1 atom stereocenters. The van der Waals surface area contributed by atoms with Gasteiger partial charge in [0.15, 0.2) is 0 Å². The molecule has 0 saturated carbocycles. The van der Waals surface area contributed by atoms with Gasteiger partial charge < -0.3 is 16.0 Å². The molecule has 1 aliphatic rings. The molecular weight excluding hydrogens is 146 g/mol. The lowest BCUT2D eigenvalue weighted by atomic mass is 10.3. The van der Waals surface area contributed by atoms with Crippen molar-refractivity contribution in [1.29, 1.82) is 0 Å². The Bertz CT molecular complexity index is 192. The number of nitrogens with zero attached hydrogens (tertiary/aromatic N) is 1. The number of carbonyl (C=O) groups is 2. The third-order valence-electron chi connectivity index (χ3n) is 1.77. The van der Waals surface area contributed by atoms with E-state index in [1.54, 1.807) is 6.92 Å². The zero-order valence-corrected chi connectivity index (χ0v) is 6.33. The molecule has 0 aromatic rings. The lowest BCUT2D eigenvalue weighted by Crippen LogP contribution is -2.44. The van der Waals surface area contributed by atoms with Crippen LogP contribution in [0.2, 0.25) is 0 Å². The maximum absolute atomic E-state index is 10.9. The van der Waals surface area contributed by atoms with Gasteiger partial charge in [-0.25, -0.2) is 4.79 Å². The molecule has 5 nitrogen and oxygen atoms in total. The van der Waals surface area contributed by atoms with Crippen molar-refractivity contribution in [1.82, 2.24) is 10.2 Å². The number of nitrogens with one attached hydrogen (secondary N) is 1. The van der Waals surface area contributed by atoms with Crippen molar-refractivity contribution in [3.8, 4) is 0 Å². The number of rotatable bonds is 2. The molecule has 1 heterocycles. The standard InChI is InChI=1S/C6H11N3O2/c1-4(5(7)10)9-3-2-8-6(9)11/h4H,2-3H2,1H3,(H2,7,10)(H,8,11)/t4-/m0/s1. The summed E-state index contributed by atoms with van der Waals surface area (Å²) in [4.78, 5) is 23.0. The fourth-order valence-corrected chi connectivity index (χ4v) is 1.01. The molecule has 0 unspecified atom stereocenters. The number of hydrogen-bond donors (Lipinski definition) is 2. The highest BCUT2D eigenvalue weighted by molar-refractivity contribution is 5.86. The molecule has 1 saturated heterocycles. The first-order valence-electron chi connectivity index (χ1n) is 3.46. The van der Waals surface area contributed by atoms with Gasteiger partial charge in [0.2, 0.25) is 5.91 Å². The average Bonchev–Trinajstić information content (AvgIpc) is 2.33. The third kappa shape index (κ3) is 1.42. The lowest BCUT2D eigenvalue weighted by Gasteiger charge is -2.19. The normalized spacial score (nSPS) is 19.7. The molecule has 1 aliphatic heterocycles. The van der Waals surface area contributed by atoms with Crippen LogP contribution in [-0.4, -0.2) is 36.0 Å². The van der Waals surface area contributed by atoms with Crippen LogP contribution in [0.15, 0.2) is 0 Å². The highest BCUT2D eigenvalue weighted by atomic mass is 16.2. The van der Waals surface area contributed by atoms with Crippen molar-refractivity contribution in [3.05, 3.63) is 0 Å². The van der Waals surface area contributed by atoms with E-state index in [0.717, 1.165) is 0 Å². The summed E-state index contributed by atoms with van der Waals surface area (Å²) >= 11 is 0. The third-order valence-corrected chi connectivity index (χ3v) is 1.77. The topological polar surface area (TPSA) is 75.4 Å². The average molecular weight is 157 g/mol. The van der Waals surface area contributed by atoms with Crippen molar-refractivity contribution in [3.63, 3.8) is 0 Å². The number of nitrogens with two attached hydrogens (primary N) is 1. The van der Waals surface area contributed by atoms with Crippen LogP contribution in [-0.2, 0) is 4.79 Å². The van der Waals surface area contributed by atoms with E-state index in [2.05, 4.69) is 5.32 Å². The Morgan fingerprint density at radius 3 is 2.82 bits per heavy atom. The van der Waals surface area contributed by atoms with Crippen LogP contribution in [0.1, 0.15) is 6.92 Å². The predicted molar refractivity (Wildman–Crippen MR) is 38.8 cm³/mol. The monoisotopic (exact) mass is 157 g/mol. The fourth-order valence-electron chi connectivity index (χ4n) is 1.01. The van der Waals surface area contributed by atoms with E-state index >= 15 is 0 Å². The molecule has 0 aromatic carbocycles. The van der Waals surface area contributed by atoms with Gasteiger partial charge in [-0.05, 0) is 6.92 Å². The second kappa shape index (κ2) is 2.77. The zero-order chi connectivity index (χ0) is 8.43. The van der Waals surface area contributed by atoms with Gasteiger partial charge in [-0.2, -0.15) is 0 Å². The van der Waals surface area contributed by atoms with E-state index in [1.807, 2.05) is 0 Å². The zero-order valence-electron chi connectivity index (χ0n) is 6.33. The first-order valence-corrected chi connectivity index (χ1v) is 3.46. The predicted octanol–water partition coefficient (Wildman–Crippen LogP) is -1.11. The van der Waals surface area contributed by atoms with Crippen molar-refractivity contribution in [2.75, 3.05) is 13.1 Å². The van der Waals surface area contributed by atoms with Gasteiger partial charge in [0, 0.05) is 13.1 Å². The molecule has 1 rings (SSSR count). The van der Waals surface area contributed by atoms with Crippen LogP contribution in [0.4, 0.5) is 4.79 Å². The SMILES string of the molecule is C[C@@H](C(N)=O)N1CCNC1=O. The van der Waals surface area contributed by atoms with E-state index in [-0.39, 0.29) is 6.03 Å².